The molecule has 1 unspecified atom stereocenters. The van der Waals surface area contributed by atoms with E-state index < -0.39 is 74.1 Å². The van der Waals surface area contributed by atoms with E-state index in [-0.39, 0.29) is 29.3 Å². The van der Waals surface area contributed by atoms with Crippen LogP contribution in [0.15, 0.2) is 42.7 Å². The standard InChI is InChI=1S/C39H55N6O10P/c1-10-11-12-13-20-50-37(48)26(6)44-56(49,55-28-16-14-27(15-17-28)38(7,8)9)51-21-30-32(52-35(46)24(2)3)33(53-36(47)25(4)5)39(22-40,54-30)31-19-18-29-34(41)42-23-43-45(29)31/h14-19,23-26,30,32-33H,10-13,20-21H2,1-9H3,(H,44,49)(H2,41,42,43)/t26-,30+,32+,33+,39-,56?/m0/s1. The first-order valence-electron chi connectivity index (χ1n) is 18.9. The first kappa shape index (κ1) is 44.2. The van der Waals surface area contributed by atoms with Crippen molar-refractivity contribution in [1.29, 1.82) is 5.26 Å². The highest BCUT2D eigenvalue weighted by molar-refractivity contribution is 7.52. The smallest absolute Gasteiger partial charge is 0.459 e. The van der Waals surface area contributed by atoms with Crippen LogP contribution in [0.1, 0.15) is 99.3 Å². The number of aromatic nitrogens is 3. The fraction of sp³-hybridized carbons (Fsp3) is 0.590. The van der Waals surface area contributed by atoms with E-state index in [0.29, 0.717) is 11.9 Å². The van der Waals surface area contributed by atoms with Gasteiger partial charge in [0, 0.05) is 0 Å². The number of hydrogen-bond acceptors (Lipinski definition) is 14. The summed E-state index contributed by atoms with van der Waals surface area (Å²) in [6, 6.07) is 11.0. The van der Waals surface area contributed by atoms with Gasteiger partial charge < -0.3 is 29.2 Å². The largest absolute Gasteiger partial charge is 0.465 e. The number of ether oxygens (including phenoxy) is 4. The minimum atomic E-state index is -4.51. The van der Waals surface area contributed by atoms with Gasteiger partial charge in [-0.15, -0.1) is 0 Å². The third-order valence-corrected chi connectivity index (χ3v) is 10.8. The zero-order chi connectivity index (χ0) is 41.4. The second-order valence-corrected chi connectivity index (χ2v) is 17.2. The molecular weight excluding hydrogens is 743 g/mol. The van der Waals surface area contributed by atoms with Crippen LogP contribution in [0.25, 0.3) is 5.52 Å². The van der Waals surface area contributed by atoms with Crippen LogP contribution in [-0.2, 0) is 53.4 Å². The van der Waals surface area contributed by atoms with Crippen molar-refractivity contribution < 1.29 is 46.9 Å². The van der Waals surface area contributed by atoms with Gasteiger partial charge in [0.2, 0.25) is 5.60 Å². The van der Waals surface area contributed by atoms with Gasteiger partial charge in [-0.05, 0) is 48.6 Å². The minimum absolute atomic E-state index is 0.0885. The van der Waals surface area contributed by atoms with Crippen LogP contribution in [0.4, 0.5) is 5.82 Å². The highest BCUT2D eigenvalue weighted by atomic mass is 31.2. The minimum Gasteiger partial charge on any atom is -0.465 e. The summed E-state index contributed by atoms with van der Waals surface area (Å²) in [5, 5.41) is 17.9. The average molecular weight is 799 g/mol. The van der Waals surface area contributed by atoms with Gasteiger partial charge in [-0.25, -0.2) is 14.1 Å². The Morgan fingerprint density at radius 1 is 1.00 bits per heavy atom. The van der Waals surface area contributed by atoms with Gasteiger partial charge in [0.15, 0.2) is 18.0 Å². The molecule has 1 saturated heterocycles. The van der Waals surface area contributed by atoms with Crippen LogP contribution in [-0.4, -0.2) is 70.1 Å². The molecule has 0 saturated carbocycles. The number of carbonyl (C=O) groups is 3. The Bertz CT molecular complexity index is 1920. The number of anilines is 1. The van der Waals surface area contributed by atoms with E-state index in [2.05, 4.69) is 28.2 Å². The van der Waals surface area contributed by atoms with Crippen LogP contribution in [0, 0.1) is 23.2 Å². The molecule has 17 heteroatoms. The van der Waals surface area contributed by atoms with Crippen LogP contribution >= 0.6 is 7.75 Å². The Morgan fingerprint density at radius 3 is 2.27 bits per heavy atom. The molecule has 6 atom stereocenters. The molecular formula is C39H55N6O10P. The summed E-state index contributed by atoms with van der Waals surface area (Å²) in [4.78, 5) is 43.5. The molecule has 16 nitrogen and oxygen atoms in total. The molecule has 4 rings (SSSR count). The number of nitrogens with one attached hydrogen (secondary N) is 1. The molecule has 0 spiro atoms. The van der Waals surface area contributed by atoms with Crippen molar-refractivity contribution in [1.82, 2.24) is 19.7 Å². The molecule has 0 aliphatic carbocycles. The van der Waals surface area contributed by atoms with Gasteiger partial charge in [-0.1, -0.05) is 86.8 Å². The number of unbranched alkanes of at least 4 members (excludes halogenated alkanes) is 3. The molecule has 3 N–H and O–H groups in total. The number of hydrogen-bond donors (Lipinski definition) is 2. The Hall–Kier alpha value is -4.55. The third kappa shape index (κ3) is 10.4. The predicted molar refractivity (Wildman–Crippen MR) is 206 cm³/mol. The van der Waals surface area contributed by atoms with Crippen LogP contribution in [0.2, 0.25) is 0 Å². The van der Waals surface area contributed by atoms with E-state index in [1.54, 1.807) is 45.9 Å². The van der Waals surface area contributed by atoms with Crippen LogP contribution in [0.5, 0.6) is 5.75 Å². The molecule has 1 fully saturated rings. The van der Waals surface area contributed by atoms with Gasteiger partial charge in [-0.3, -0.25) is 18.9 Å². The van der Waals surface area contributed by atoms with E-state index in [1.165, 1.54) is 23.8 Å². The quantitative estimate of drug-likeness (QED) is 0.0637. The summed E-state index contributed by atoms with van der Waals surface area (Å²) in [7, 11) is -4.51. The zero-order valence-electron chi connectivity index (χ0n) is 33.6. The first-order chi connectivity index (χ1) is 26.4. The van der Waals surface area contributed by atoms with Gasteiger partial charge in [-0.2, -0.15) is 15.4 Å². The summed E-state index contributed by atoms with van der Waals surface area (Å²) in [6.45, 7) is 15.6. The number of nitrogens with zero attached hydrogens (tertiary/aromatic N) is 4. The lowest BCUT2D eigenvalue weighted by Crippen LogP contribution is -2.47. The lowest BCUT2D eigenvalue weighted by Gasteiger charge is -2.29. The molecule has 3 heterocycles. The summed E-state index contributed by atoms with van der Waals surface area (Å²) >= 11 is 0. The Kier molecular flexibility index (Phi) is 14.7. The van der Waals surface area contributed by atoms with Crippen molar-refractivity contribution >= 4 is 37.0 Å². The highest BCUT2D eigenvalue weighted by Crippen LogP contribution is 2.49. The summed E-state index contributed by atoms with van der Waals surface area (Å²) < 4.78 is 51.8. The number of nitrogens with two attached hydrogens (primary N) is 1. The van der Waals surface area contributed by atoms with Gasteiger partial charge >= 0.3 is 25.7 Å². The zero-order valence-corrected chi connectivity index (χ0v) is 34.5. The summed E-state index contributed by atoms with van der Waals surface area (Å²) in [5.74, 6) is -3.11. The van der Waals surface area contributed by atoms with E-state index in [9.17, 15) is 24.2 Å². The Balaban J connectivity index is 1.75. The summed E-state index contributed by atoms with van der Waals surface area (Å²) in [5.41, 5.74) is 5.17. The van der Waals surface area contributed by atoms with Gasteiger partial charge in [0.25, 0.3) is 0 Å². The number of nitriles is 1. The lowest BCUT2D eigenvalue weighted by molar-refractivity contribution is -0.173. The van der Waals surface area contributed by atoms with E-state index >= 15 is 0 Å². The van der Waals surface area contributed by atoms with E-state index in [1.807, 2.05) is 32.9 Å². The van der Waals surface area contributed by atoms with Crippen molar-refractivity contribution in [2.24, 2.45) is 11.8 Å². The molecule has 306 valence electrons. The van der Waals surface area contributed by atoms with Gasteiger partial charge in [0.1, 0.15) is 35.8 Å². The number of rotatable bonds is 18. The Morgan fingerprint density at radius 2 is 1.66 bits per heavy atom. The van der Waals surface area contributed by atoms with E-state index in [0.717, 1.165) is 24.8 Å². The fourth-order valence-corrected chi connectivity index (χ4v) is 7.37. The molecule has 0 radical (unpaired) electrons. The Labute approximate surface area is 328 Å². The monoisotopic (exact) mass is 798 g/mol. The van der Waals surface area contributed by atoms with Crippen LogP contribution in [0.3, 0.4) is 0 Å². The molecule has 0 bridgehead atoms. The fourth-order valence-electron chi connectivity index (χ4n) is 5.87. The van der Waals surface area contributed by atoms with E-state index in [4.69, 9.17) is 33.7 Å². The average Bonchev–Trinajstić information content (AvgIpc) is 3.70. The van der Waals surface area contributed by atoms with Crippen molar-refractivity contribution in [3.05, 3.63) is 54.0 Å². The maximum Gasteiger partial charge on any atom is 0.459 e. The normalized spacial score (nSPS) is 21.4. The molecule has 2 aromatic heterocycles. The second-order valence-electron chi connectivity index (χ2n) is 15.5. The molecule has 1 aliphatic heterocycles. The topological polar surface area (TPSA) is 216 Å². The molecule has 56 heavy (non-hydrogen) atoms. The maximum absolute atomic E-state index is 14.7. The second kappa shape index (κ2) is 18.6. The molecule has 1 aliphatic rings. The van der Waals surface area contributed by atoms with Crippen LogP contribution < -0.4 is 15.3 Å². The molecule has 0 amide bonds. The van der Waals surface area contributed by atoms with Gasteiger partial charge in [0.05, 0.1) is 30.7 Å². The van der Waals surface area contributed by atoms with Crippen molar-refractivity contribution in [2.75, 3.05) is 18.9 Å². The number of carbonyl (C=O) groups excluding carboxylic acids is 3. The van der Waals surface area contributed by atoms with Crippen molar-refractivity contribution in [2.45, 2.75) is 123 Å². The summed E-state index contributed by atoms with van der Waals surface area (Å²) in [6.07, 6.45) is 0.324. The SMILES string of the molecule is CCCCCCOC(=O)[C@H](C)NP(=O)(OC[C@H]1O[C@@](C#N)(c2ccc3c(N)ncnn23)[C@H](OC(=O)C(C)C)[C@@H]1OC(=O)C(C)C)Oc1ccc(C(C)(C)C)cc1. The number of nitrogen functional groups attached to an aromatic ring is 1. The number of esters is 3. The first-order valence-corrected chi connectivity index (χ1v) is 20.5. The third-order valence-electron chi connectivity index (χ3n) is 9.17. The predicted octanol–water partition coefficient (Wildman–Crippen LogP) is 6.17. The number of benzene rings is 1. The molecule has 3 aromatic rings. The molecule has 1 aromatic carbocycles. The maximum atomic E-state index is 14.7. The van der Waals surface area contributed by atoms with Crippen molar-refractivity contribution in [3.8, 4) is 11.8 Å². The van der Waals surface area contributed by atoms with Crippen molar-refractivity contribution in [3.63, 3.8) is 0 Å². The highest BCUT2D eigenvalue weighted by Gasteiger charge is 2.63. The number of fused-ring (bicyclic) bond motifs is 1. The lowest BCUT2D eigenvalue weighted by atomic mass is 9.87.